The fourth-order valence-electron chi connectivity index (χ4n) is 6.07. The molecule has 0 aliphatic carbocycles. The fraction of sp³-hybridized carbons (Fsp3) is 0.829. The maximum absolute atomic E-state index is 11.6. The number of carboxylic acids is 4. The van der Waals surface area contributed by atoms with Crippen LogP contribution < -0.4 is 0 Å². The largest absolute Gasteiger partial charge is 0.481 e. The molecule has 11 nitrogen and oxygen atoms in total. The number of carboxylic acid groups (broad SMARTS) is 4. The van der Waals surface area contributed by atoms with Crippen LogP contribution in [-0.4, -0.2) is 117 Å². The molecule has 5 saturated heterocycles. The molecule has 0 amide bonds. The lowest BCUT2D eigenvalue weighted by atomic mass is 10.0. The van der Waals surface area contributed by atoms with E-state index in [2.05, 4.69) is 0 Å². The molecule has 5 unspecified atom stereocenters. The fourth-order valence-corrected chi connectivity index (χ4v) is 20.0. The van der Waals surface area contributed by atoms with E-state index in [1.165, 1.54) is 61.5 Å². The van der Waals surface area contributed by atoms with Crippen LogP contribution in [0.25, 0.3) is 0 Å². The van der Waals surface area contributed by atoms with Crippen LogP contribution in [-0.2, 0) is 33.6 Å². The van der Waals surface area contributed by atoms with Crippen molar-refractivity contribution in [3.05, 3.63) is 0 Å². The Balaban J connectivity index is 0.000000389. The molecule has 0 bridgehead atoms. The maximum atomic E-state index is 11.6. The monoisotopic (exact) mass is 1060 g/mol. The SMILES string of the molecule is CC(=O)CCCC1CCCSS1.O=C(O)CC1CCCSS1.O=C(O)CCC(=O)C1CCCSS1.O=C(O)CCCC(=O)C1CCCSS1.O=C(O)CCCCC1CCSSC1. The first kappa shape index (κ1) is 60.4. The molecule has 21 heteroatoms. The quantitative estimate of drug-likeness (QED) is 0.0662. The van der Waals surface area contributed by atoms with Crippen molar-refractivity contribution in [1.82, 2.24) is 0 Å². The second-order valence-electron chi connectivity index (χ2n) is 15.1. The van der Waals surface area contributed by atoms with Gasteiger partial charge in [0.2, 0.25) is 0 Å². The second-order valence-corrected chi connectivity index (χ2v) is 28.7. The Labute approximate surface area is 409 Å². The molecule has 0 aromatic rings. The Morgan fingerprint density at radius 2 is 0.952 bits per heavy atom. The molecule has 5 atom stereocenters. The van der Waals surface area contributed by atoms with Gasteiger partial charge in [-0.2, -0.15) is 0 Å². The van der Waals surface area contributed by atoms with Crippen molar-refractivity contribution in [3.63, 3.8) is 0 Å². The third-order valence-corrected chi connectivity index (χ3v) is 24.0. The summed E-state index contributed by atoms with van der Waals surface area (Å²) in [6.07, 6.45) is 18.5. The van der Waals surface area contributed by atoms with E-state index in [-0.39, 0.29) is 41.3 Å². The van der Waals surface area contributed by atoms with E-state index in [9.17, 15) is 33.6 Å². The minimum atomic E-state index is -0.887. The maximum Gasteiger partial charge on any atom is 0.304 e. The predicted molar refractivity (Wildman–Crippen MR) is 277 cm³/mol. The minimum Gasteiger partial charge on any atom is -0.481 e. The minimum absolute atomic E-state index is 0.0272. The summed E-state index contributed by atoms with van der Waals surface area (Å²) in [4.78, 5) is 74.6. The molecule has 0 saturated carbocycles. The molecule has 0 aromatic heterocycles. The Kier molecular flexibility index (Phi) is 39.4. The summed E-state index contributed by atoms with van der Waals surface area (Å²) in [6.45, 7) is 1.68. The molecule has 4 N–H and O–H groups in total. The molecule has 0 radical (unpaired) electrons. The van der Waals surface area contributed by atoms with E-state index >= 15 is 0 Å². The number of ketones is 3. The topological polar surface area (TPSA) is 200 Å². The lowest BCUT2D eigenvalue weighted by Gasteiger charge is -2.19. The van der Waals surface area contributed by atoms with Crippen LogP contribution in [0, 0.1) is 5.92 Å². The molecular formula is C41H68O11S10. The number of rotatable bonds is 20. The highest BCUT2D eigenvalue weighted by molar-refractivity contribution is 8.78. The zero-order chi connectivity index (χ0) is 45.8. The number of Topliss-reactive ketones (excluding diaryl/α,β-unsaturated/α-hetero) is 3. The summed E-state index contributed by atoms with van der Waals surface area (Å²) in [6, 6.07) is 0. The molecule has 5 aliphatic rings. The molecule has 62 heavy (non-hydrogen) atoms. The number of carbonyl (C=O) groups is 7. The van der Waals surface area contributed by atoms with Gasteiger partial charge in [-0.05, 0) is 103 Å². The van der Waals surface area contributed by atoms with E-state index < -0.39 is 23.9 Å². The third kappa shape index (κ3) is 36.5. The van der Waals surface area contributed by atoms with Gasteiger partial charge in [-0.15, -0.1) is 0 Å². The lowest BCUT2D eigenvalue weighted by Crippen LogP contribution is -2.19. The van der Waals surface area contributed by atoms with Crippen molar-refractivity contribution in [2.45, 2.75) is 169 Å². The number of hydrogen-bond donors (Lipinski definition) is 4. The molecule has 0 spiro atoms. The predicted octanol–water partition coefficient (Wildman–Crippen LogP) is 12.6. The summed E-state index contributed by atoms with van der Waals surface area (Å²) in [5.74, 6) is 5.74. The van der Waals surface area contributed by atoms with Crippen LogP contribution in [0.3, 0.4) is 0 Å². The van der Waals surface area contributed by atoms with E-state index in [0.29, 0.717) is 36.7 Å². The first-order valence-corrected chi connectivity index (χ1v) is 33.6. The van der Waals surface area contributed by atoms with Crippen molar-refractivity contribution < 1.29 is 54.0 Å². The smallest absolute Gasteiger partial charge is 0.304 e. The van der Waals surface area contributed by atoms with E-state index in [1.807, 2.05) is 43.2 Å². The average molecular weight is 1060 g/mol. The summed E-state index contributed by atoms with van der Waals surface area (Å²) in [7, 11) is 18.2. The van der Waals surface area contributed by atoms with Crippen LogP contribution in [0.15, 0.2) is 0 Å². The number of aliphatic carboxylic acids is 4. The van der Waals surface area contributed by atoms with Crippen LogP contribution >= 0.6 is 108 Å². The highest BCUT2D eigenvalue weighted by Gasteiger charge is 2.23. The number of unbranched alkanes of at least 4 members (excludes halogenated alkanes) is 1. The van der Waals surface area contributed by atoms with E-state index in [1.54, 1.807) is 71.7 Å². The number of hydrogen-bond acceptors (Lipinski definition) is 17. The van der Waals surface area contributed by atoms with Crippen LogP contribution in [0.2, 0.25) is 0 Å². The third-order valence-electron chi connectivity index (χ3n) is 9.50. The molecule has 5 rings (SSSR count). The van der Waals surface area contributed by atoms with Gasteiger partial charge in [0.1, 0.15) is 17.3 Å². The summed E-state index contributed by atoms with van der Waals surface area (Å²) < 4.78 is 0. The highest BCUT2D eigenvalue weighted by atomic mass is 33.1. The zero-order valence-corrected chi connectivity index (χ0v) is 44.1. The first-order valence-electron chi connectivity index (χ1n) is 21.6. The zero-order valence-electron chi connectivity index (χ0n) is 35.9. The first-order chi connectivity index (χ1) is 29.8. The van der Waals surface area contributed by atoms with Gasteiger partial charge < -0.3 is 25.2 Å². The van der Waals surface area contributed by atoms with Crippen molar-refractivity contribution >= 4 is 149 Å². The molecule has 5 fully saturated rings. The Hall–Kier alpha value is 0.390. The van der Waals surface area contributed by atoms with Gasteiger partial charge in [0, 0.05) is 77.1 Å². The van der Waals surface area contributed by atoms with Crippen molar-refractivity contribution in [3.8, 4) is 0 Å². The van der Waals surface area contributed by atoms with Crippen molar-refractivity contribution in [2.75, 3.05) is 34.5 Å². The van der Waals surface area contributed by atoms with Gasteiger partial charge in [-0.25, -0.2) is 0 Å². The van der Waals surface area contributed by atoms with Crippen LogP contribution in [0.4, 0.5) is 0 Å². The summed E-state index contributed by atoms with van der Waals surface area (Å²) in [5, 5.41) is 35.0. The lowest BCUT2D eigenvalue weighted by molar-refractivity contribution is -0.139. The molecule has 5 aliphatic heterocycles. The van der Waals surface area contributed by atoms with Crippen LogP contribution in [0.1, 0.15) is 148 Å². The Morgan fingerprint density at radius 1 is 0.435 bits per heavy atom. The number of carbonyl (C=O) groups excluding carboxylic acids is 3. The Morgan fingerprint density at radius 3 is 1.40 bits per heavy atom. The molecular weight excluding hydrogens is 989 g/mol. The van der Waals surface area contributed by atoms with Gasteiger partial charge in [0.25, 0.3) is 0 Å². The van der Waals surface area contributed by atoms with E-state index in [0.717, 1.165) is 80.5 Å². The molecule has 0 aromatic carbocycles. The normalized spacial score (nSPS) is 23.3. The van der Waals surface area contributed by atoms with Gasteiger partial charge in [-0.3, -0.25) is 28.8 Å². The van der Waals surface area contributed by atoms with Crippen LogP contribution in [0.5, 0.6) is 0 Å². The summed E-state index contributed by atoms with van der Waals surface area (Å²) >= 11 is 0. The van der Waals surface area contributed by atoms with Gasteiger partial charge in [0.15, 0.2) is 0 Å². The van der Waals surface area contributed by atoms with Crippen molar-refractivity contribution in [2.24, 2.45) is 5.92 Å². The summed E-state index contributed by atoms with van der Waals surface area (Å²) in [5.41, 5.74) is 0. The average Bonchev–Trinajstić information content (AvgIpc) is 3.26. The molecule has 5 heterocycles. The van der Waals surface area contributed by atoms with Gasteiger partial charge >= 0.3 is 23.9 Å². The van der Waals surface area contributed by atoms with Gasteiger partial charge in [-0.1, -0.05) is 114 Å². The standard InChI is InChI=1S/C9H14O3S2.C9H16O2S2.C9H16OS2.C8H12O3S2.C6H10O2S2/c10-7(3-1-5-9(11)12)8-4-2-6-13-14-8;10-9(11)4-2-1-3-8-5-6-12-13-7-8;1-8(10)4-2-5-9-6-3-7-11-12-9;9-6(3-4-8(10)11)7-2-1-5-12-13-7;7-6(8)4-5-2-1-3-9-10-5/h8H,1-6H2,(H,11,12);8H,1-7H2,(H,10,11);9H,2-7H2,1H3;7H,1-5H2,(H,10,11);5H,1-4H2,(H,7,8). The Bertz CT molecular complexity index is 1270. The van der Waals surface area contributed by atoms with Gasteiger partial charge in [0.05, 0.1) is 23.3 Å². The second kappa shape index (κ2) is 40.5. The van der Waals surface area contributed by atoms with Crippen molar-refractivity contribution in [1.29, 1.82) is 0 Å². The molecule has 358 valence electrons. The van der Waals surface area contributed by atoms with E-state index in [4.69, 9.17) is 20.4 Å². The highest BCUT2D eigenvalue weighted by Crippen LogP contribution is 2.40.